The molecule has 0 spiro atoms. The molecule has 0 saturated carbocycles. The Morgan fingerprint density at radius 1 is 1.33 bits per heavy atom. The van der Waals surface area contributed by atoms with Gasteiger partial charge < -0.3 is 20.8 Å². The average molecular weight is 219 g/mol. The van der Waals surface area contributed by atoms with Crippen LogP contribution >= 0.6 is 0 Å². The first kappa shape index (κ1) is 16.0. The fraction of sp³-hybridized carbons (Fsp3) is 0. The van der Waals surface area contributed by atoms with Gasteiger partial charge in [-0.2, -0.15) is 0 Å². The Hall–Kier alpha value is 0.524. The standard InChI is InChI=1S/NO3.O.Pr/c2-1(3)4;;/q-1;-2;+3. The van der Waals surface area contributed by atoms with Crippen LogP contribution in [0.3, 0.4) is 0 Å². The Morgan fingerprint density at radius 2 is 1.33 bits per heavy atom. The molecule has 0 aliphatic heterocycles. The van der Waals surface area contributed by atoms with E-state index in [4.69, 9.17) is 15.3 Å². The monoisotopic (exact) mass is 219 g/mol. The average Bonchev–Trinajstić information content (AvgIpc) is 0.811. The third-order valence-electron chi connectivity index (χ3n) is 0. The Kier molecular flexibility index (Phi) is 24.3. The Bertz CT molecular complexity index is 30.5. The second kappa shape index (κ2) is 9.10. The number of nitrogens with zero attached hydrogens (tertiary/aromatic N) is 1. The minimum Gasteiger partial charge on any atom is -2.00 e. The predicted molar refractivity (Wildman–Crippen MR) is 11.0 cm³/mol. The number of rotatable bonds is 0. The molecule has 6 heavy (non-hydrogen) atoms. The Balaban J connectivity index is -0.0000000450. The van der Waals surface area contributed by atoms with E-state index in [1.54, 1.807) is 0 Å². The molecule has 0 radical (unpaired) electrons. The molecule has 6 heteroatoms. The summed E-state index contributed by atoms with van der Waals surface area (Å²) in [6.45, 7) is 0. The van der Waals surface area contributed by atoms with Crippen LogP contribution in [0.5, 0.6) is 0 Å². The molecule has 0 amide bonds. The smallest absolute Gasteiger partial charge is 2.00 e. The minimum atomic E-state index is -1.75. The Labute approximate surface area is 66.7 Å². The molecule has 0 atom stereocenters. The van der Waals surface area contributed by atoms with Crippen molar-refractivity contribution in [3.05, 3.63) is 15.3 Å². The zero-order valence-electron chi connectivity index (χ0n) is 2.66. The van der Waals surface area contributed by atoms with E-state index in [1.807, 2.05) is 0 Å². The molecule has 0 rings (SSSR count). The number of hydrogen-bond acceptors (Lipinski definition) is 3. The topological polar surface area (TPSA) is 94.7 Å². The first-order chi connectivity index (χ1) is 1.73. The second-order valence-corrected chi connectivity index (χ2v) is 0.224. The van der Waals surface area contributed by atoms with Crippen molar-refractivity contribution in [2.45, 2.75) is 0 Å². The molecule has 5 nitrogen and oxygen atoms in total. The van der Waals surface area contributed by atoms with Gasteiger partial charge in [-0.3, -0.25) is 0 Å². The molecule has 32 valence electrons. The minimum absolute atomic E-state index is 0. The largest absolute Gasteiger partial charge is 3.00 e. The molecule has 0 heterocycles. The molecular formula is NO4Pr. The number of hydrogen-bond donors (Lipinski definition) is 0. The summed E-state index contributed by atoms with van der Waals surface area (Å²) in [6.07, 6.45) is 0. The molecule has 0 aliphatic carbocycles. The van der Waals surface area contributed by atoms with E-state index in [0.717, 1.165) is 0 Å². The first-order valence-electron chi connectivity index (χ1n) is 0.548. The van der Waals surface area contributed by atoms with Crippen molar-refractivity contribution in [2.75, 3.05) is 0 Å². The van der Waals surface area contributed by atoms with E-state index in [2.05, 4.69) is 0 Å². The van der Waals surface area contributed by atoms with Gasteiger partial charge in [-0.15, -0.1) is 0 Å². The molecule has 0 aromatic heterocycles. The van der Waals surface area contributed by atoms with Crippen LogP contribution in [0, 0.1) is 56.6 Å². The van der Waals surface area contributed by atoms with Gasteiger partial charge in [0.05, 0.1) is 5.09 Å². The van der Waals surface area contributed by atoms with E-state index in [1.165, 1.54) is 0 Å². The van der Waals surface area contributed by atoms with Gasteiger partial charge in [0.25, 0.3) is 0 Å². The second-order valence-electron chi connectivity index (χ2n) is 0.224. The molecule has 0 aromatic rings. The van der Waals surface area contributed by atoms with Gasteiger partial charge in [0.1, 0.15) is 0 Å². The van der Waals surface area contributed by atoms with Gasteiger partial charge in [-0.25, -0.2) is 0 Å². The van der Waals surface area contributed by atoms with Crippen LogP contribution in [-0.4, -0.2) is 5.09 Å². The molecular weight excluding hydrogens is 219 g/mol. The van der Waals surface area contributed by atoms with Crippen molar-refractivity contribution in [3.63, 3.8) is 0 Å². The third-order valence-corrected chi connectivity index (χ3v) is 0. The maximum Gasteiger partial charge on any atom is 3.00 e. The first-order valence-corrected chi connectivity index (χ1v) is 0.548. The summed E-state index contributed by atoms with van der Waals surface area (Å²) in [5.74, 6) is 0. The normalized spacial score (nSPS) is 4.00. The van der Waals surface area contributed by atoms with Crippen LogP contribution in [0.2, 0.25) is 0 Å². The van der Waals surface area contributed by atoms with Crippen LogP contribution < -0.4 is 0 Å². The van der Waals surface area contributed by atoms with Crippen LogP contribution in [0.4, 0.5) is 0 Å². The molecule has 0 bridgehead atoms. The van der Waals surface area contributed by atoms with Crippen LogP contribution in [0.15, 0.2) is 0 Å². The summed E-state index contributed by atoms with van der Waals surface area (Å²) < 4.78 is 0. The summed E-state index contributed by atoms with van der Waals surface area (Å²) in [4.78, 5) is 8.25. The van der Waals surface area contributed by atoms with Gasteiger partial charge in [0, 0.05) is 0 Å². The van der Waals surface area contributed by atoms with Gasteiger partial charge in [-0.1, -0.05) is 0 Å². The van der Waals surface area contributed by atoms with Crippen LogP contribution in [0.1, 0.15) is 0 Å². The van der Waals surface area contributed by atoms with Gasteiger partial charge >= 0.3 is 41.3 Å². The van der Waals surface area contributed by atoms with Crippen LogP contribution in [-0.2, 0) is 5.48 Å². The maximum absolute atomic E-state index is 8.25. The molecule has 0 unspecified atom stereocenters. The van der Waals surface area contributed by atoms with Crippen LogP contribution in [0.25, 0.3) is 0 Å². The predicted octanol–water partition coefficient (Wildman–Crippen LogP) is -0.358. The summed E-state index contributed by atoms with van der Waals surface area (Å²) in [7, 11) is 0. The van der Waals surface area contributed by atoms with Crippen molar-refractivity contribution >= 4 is 0 Å². The molecule has 0 aromatic carbocycles. The molecule has 0 aliphatic rings. The van der Waals surface area contributed by atoms with Gasteiger partial charge in [0.2, 0.25) is 0 Å². The molecule has 0 fully saturated rings. The zero-order chi connectivity index (χ0) is 3.58. The Morgan fingerprint density at radius 3 is 1.33 bits per heavy atom. The summed E-state index contributed by atoms with van der Waals surface area (Å²) in [5.41, 5.74) is 0. The van der Waals surface area contributed by atoms with E-state index in [-0.39, 0.29) is 46.8 Å². The van der Waals surface area contributed by atoms with Crippen molar-refractivity contribution < 1.29 is 51.9 Å². The fourth-order valence-electron chi connectivity index (χ4n) is 0. The van der Waals surface area contributed by atoms with Crippen molar-refractivity contribution in [1.82, 2.24) is 0 Å². The molecule has 0 N–H and O–H groups in total. The fourth-order valence-corrected chi connectivity index (χ4v) is 0. The third kappa shape index (κ3) is 205. The quantitative estimate of drug-likeness (QED) is 0.411. The van der Waals surface area contributed by atoms with Crippen molar-refractivity contribution in [1.29, 1.82) is 0 Å². The van der Waals surface area contributed by atoms with Crippen molar-refractivity contribution in [2.24, 2.45) is 0 Å². The van der Waals surface area contributed by atoms with Gasteiger partial charge in [-0.05, 0) is 0 Å². The zero-order valence-corrected chi connectivity index (χ0v) is 6.36. The van der Waals surface area contributed by atoms with Crippen molar-refractivity contribution in [3.8, 4) is 0 Å². The maximum atomic E-state index is 8.25. The van der Waals surface area contributed by atoms with E-state index in [0.29, 0.717) is 0 Å². The van der Waals surface area contributed by atoms with E-state index < -0.39 is 5.09 Å². The molecule has 0 saturated heterocycles. The summed E-state index contributed by atoms with van der Waals surface area (Å²) in [6, 6.07) is 0. The summed E-state index contributed by atoms with van der Waals surface area (Å²) in [5, 5.41) is 14.8. The summed E-state index contributed by atoms with van der Waals surface area (Å²) >= 11 is 0. The van der Waals surface area contributed by atoms with E-state index in [9.17, 15) is 0 Å². The van der Waals surface area contributed by atoms with E-state index >= 15 is 0 Å². The SMILES string of the molecule is O=[N+]([O-])[O-].[O-2].[Pr+3]. The van der Waals surface area contributed by atoms with Gasteiger partial charge in [0.15, 0.2) is 0 Å².